The molecule has 0 radical (unpaired) electrons. The van der Waals surface area contributed by atoms with E-state index in [2.05, 4.69) is 5.32 Å². The number of amides is 1. The number of aromatic nitrogens is 1. The number of nitrogens with zero attached hydrogens (tertiary/aromatic N) is 1. The van der Waals surface area contributed by atoms with Crippen LogP contribution >= 0.6 is 0 Å². The summed E-state index contributed by atoms with van der Waals surface area (Å²) < 4.78 is 12.3. The summed E-state index contributed by atoms with van der Waals surface area (Å²) in [6, 6.07) is 9.29. The molecule has 0 aliphatic heterocycles. The second kappa shape index (κ2) is 9.26. The number of esters is 1. The minimum absolute atomic E-state index is 0.120. The Bertz CT molecular complexity index is 811. The zero-order valence-corrected chi connectivity index (χ0v) is 16.7. The highest BCUT2D eigenvalue weighted by Crippen LogP contribution is 2.27. The third kappa shape index (κ3) is 4.70. The van der Waals surface area contributed by atoms with Gasteiger partial charge in [-0.25, -0.2) is 4.79 Å². The summed E-state index contributed by atoms with van der Waals surface area (Å²) in [5, 5.41) is 3.07. The summed E-state index contributed by atoms with van der Waals surface area (Å²) in [5.41, 5.74) is 3.02. The number of hydrogen-bond donors (Lipinski definition) is 1. The average molecular weight is 372 g/mol. The number of hydrogen-bond acceptors (Lipinski definition) is 4. The van der Waals surface area contributed by atoms with Crippen LogP contribution in [0.5, 0.6) is 5.75 Å². The van der Waals surface area contributed by atoms with Gasteiger partial charge in [-0.2, -0.15) is 0 Å². The first kappa shape index (κ1) is 20.6. The summed E-state index contributed by atoms with van der Waals surface area (Å²) in [6.45, 7) is 7.95. The highest BCUT2D eigenvalue weighted by atomic mass is 16.5. The van der Waals surface area contributed by atoms with Gasteiger partial charge in [-0.15, -0.1) is 0 Å². The Morgan fingerprint density at radius 1 is 1.19 bits per heavy atom. The van der Waals surface area contributed by atoms with Crippen LogP contribution in [0.15, 0.2) is 30.3 Å². The molecule has 0 fully saturated rings. The molecule has 146 valence electrons. The Kier molecular flexibility index (Phi) is 7.05. The van der Waals surface area contributed by atoms with Crippen molar-refractivity contribution in [1.82, 2.24) is 9.88 Å². The lowest BCUT2D eigenvalue weighted by Gasteiger charge is -2.20. The highest BCUT2D eigenvalue weighted by molar-refractivity contribution is 5.91. The molecule has 27 heavy (non-hydrogen) atoms. The van der Waals surface area contributed by atoms with Gasteiger partial charge < -0.3 is 19.4 Å². The van der Waals surface area contributed by atoms with E-state index in [0.717, 1.165) is 29.1 Å². The lowest BCUT2D eigenvalue weighted by atomic mass is 10.0. The molecule has 0 aliphatic carbocycles. The molecule has 1 atom stereocenters. The highest BCUT2D eigenvalue weighted by Gasteiger charge is 2.20. The summed E-state index contributed by atoms with van der Waals surface area (Å²) in [6.07, 6.45) is 0.740. The summed E-state index contributed by atoms with van der Waals surface area (Å²) >= 11 is 0. The maximum Gasteiger partial charge on any atom is 0.339 e. The van der Waals surface area contributed by atoms with Gasteiger partial charge in [-0.1, -0.05) is 25.1 Å². The minimum Gasteiger partial charge on any atom is -0.496 e. The van der Waals surface area contributed by atoms with Crippen LogP contribution in [0.2, 0.25) is 0 Å². The Morgan fingerprint density at radius 2 is 1.89 bits per heavy atom. The first-order valence-electron chi connectivity index (χ1n) is 9.18. The van der Waals surface area contributed by atoms with Gasteiger partial charge in [0.05, 0.1) is 25.3 Å². The predicted octanol–water partition coefficient (Wildman–Crippen LogP) is 3.56. The Morgan fingerprint density at radius 3 is 2.52 bits per heavy atom. The summed E-state index contributed by atoms with van der Waals surface area (Å²) in [7, 11) is 1.62. The maximum atomic E-state index is 12.7. The third-order valence-corrected chi connectivity index (χ3v) is 4.63. The minimum atomic E-state index is -0.363. The number of benzene rings is 1. The van der Waals surface area contributed by atoms with Gasteiger partial charge in [0.1, 0.15) is 12.3 Å². The number of carbonyl (C=O) groups is 2. The zero-order chi connectivity index (χ0) is 20.0. The van der Waals surface area contributed by atoms with Crippen molar-refractivity contribution in [1.29, 1.82) is 0 Å². The van der Waals surface area contributed by atoms with Crippen molar-refractivity contribution in [2.75, 3.05) is 13.7 Å². The molecule has 1 amide bonds. The molecule has 2 rings (SSSR count). The van der Waals surface area contributed by atoms with E-state index in [-0.39, 0.29) is 24.5 Å². The zero-order valence-electron chi connectivity index (χ0n) is 16.7. The number of aryl methyl sites for hydroxylation is 1. The largest absolute Gasteiger partial charge is 0.496 e. The fraction of sp³-hybridized carbons (Fsp3) is 0.429. The average Bonchev–Trinajstić information content (AvgIpc) is 2.94. The number of nitrogens with one attached hydrogen (secondary N) is 1. The number of rotatable bonds is 8. The molecule has 1 N–H and O–H groups in total. The molecule has 0 bridgehead atoms. The molecular formula is C21H28N2O4. The fourth-order valence-electron chi connectivity index (χ4n) is 3.20. The van der Waals surface area contributed by atoms with Crippen molar-refractivity contribution in [3.8, 4) is 5.75 Å². The van der Waals surface area contributed by atoms with Gasteiger partial charge >= 0.3 is 5.97 Å². The van der Waals surface area contributed by atoms with Crippen molar-refractivity contribution >= 4 is 11.9 Å². The van der Waals surface area contributed by atoms with Crippen molar-refractivity contribution in [3.63, 3.8) is 0 Å². The Balaban J connectivity index is 2.16. The number of methoxy groups -OCH3 is 1. The van der Waals surface area contributed by atoms with Crippen molar-refractivity contribution in [2.45, 2.75) is 46.7 Å². The van der Waals surface area contributed by atoms with Crippen LogP contribution in [0.3, 0.4) is 0 Å². The molecular weight excluding hydrogens is 344 g/mol. The smallest absolute Gasteiger partial charge is 0.339 e. The van der Waals surface area contributed by atoms with E-state index >= 15 is 0 Å². The third-order valence-electron chi connectivity index (χ3n) is 4.63. The molecule has 2 aromatic rings. The van der Waals surface area contributed by atoms with Gasteiger partial charge in [0.15, 0.2) is 0 Å². The number of para-hydroxylation sites is 1. The van der Waals surface area contributed by atoms with E-state index in [4.69, 9.17) is 9.47 Å². The van der Waals surface area contributed by atoms with Crippen LogP contribution < -0.4 is 10.1 Å². The van der Waals surface area contributed by atoms with E-state index in [0.29, 0.717) is 12.2 Å². The molecule has 1 unspecified atom stereocenters. The molecule has 1 aromatic heterocycles. The number of carbonyl (C=O) groups excluding carboxylic acids is 2. The standard InChI is InChI=1S/C21H28N2O4/c1-6-18(16-10-8-9-11-19(16)26-5)22-20(24)13-23-14(3)12-17(15(23)4)21(25)27-7-2/h8-12,18H,6-7,13H2,1-5H3,(H,22,24). The Hall–Kier alpha value is -2.76. The molecule has 0 saturated carbocycles. The van der Waals surface area contributed by atoms with Gasteiger partial charge in [0.25, 0.3) is 0 Å². The van der Waals surface area contributed by atoms with E-state index in [1.165, 1.54) is 0 Å². The maximum absolute atomic E-state index is 12.7. The van der Waals surface area contributed by atoms with Gasteiger partial charge in [0, 0.05) is 17.0 Å². The van der Waals surface area contributed by atoms with Crippen LogP contribution in [-0.2, 0) is 16.1 Å². The SMILES string of the molecule is CCOC(=O)c1cc(C)n(CC(=O)NC(CC)c2ccccc2OC)c1C. The van der Waals surface area contributed by atoms with Crippen molar-refractivity contribution in [3.05, 3.63) is 52.8 Å². The molecule has 6 heteroatoms. The summed E-state index contributed by atoms with van der Waals surface area (Å²) in [5.74, 6) is 0.269. The van der Waals surface area contributed by atoms with Crippen LogP contribution in [0.1, 0.15) is 53.6 Å². The van der Waals surface area contributed by atoms with Gasteiger partial charge in [-0.05, 0) is 39.3 Å². The molecule has 0 saturated heterocycles. The molecule has 1 heterocycles. The predicted molar refractivity (Wildman–Crippen MR) is 104 cm³/mol. The molecule has 0 aliphatic rings. The molecule has 0 spiro atoms. The van der Waals surface area contributed by atoms with Crippen LogP contribution in [0.25, 0.3) is 0 Å². The normalized spacial score (nSPS) is 11.7. The van der Waals surface area contributed by atoms with Gasteiger partial charge in [0.2, 0.25) is 5.91 Å². The first-order chi connectivity index (χ1) is 12.9. The second-order valence-corrected chi connectivity index (χ2v) is 6.36. The van der Waals surface area contributed by atoms with E-state index in [9.17, 15) is 9.59 Å². The van der Waals surface area contributed by atoms with E-state index in [1.54, 1.807) is 20.1 Å². The lowest BCUT2D eigenvalue weighted by Crippen LogP contribution is -2.32. The quantitative estimate of drug-likeness (QED) is 0.720. The second-order valence-electron chi connectivity index (χ2n) is 6.36. The number of ether oxygens (including phenoxy) is 2. The first-order valence-corrected chi connectivity index (χ1v) is 9.18. The fourth-order valence-corrected chi connectivity index (χ4v) is 3.20. The van der Waals surface area contributed by atoms with Crippen molar-refractivity contribution in [2.24, 2.45) is 0 Å². The molecule has 6 nitrogen and oxygen atoms in total. The summed E-state index contributed by atoms with van der Waals surface area (Å²) in [4.78, 5) is 24.7. The molecule has 1 aromatic carbocycles. The van der Waals surface area contributed by atoms with E-state index in [1.807, 2.05) is 49.6 Å². The van der Waals surface area contributed by atoms with Crippen molar-refractivity contribution < 1.29 is 19.1 Å². The Labute approximate surface area is 160 Å². The van der Waals surface area contributed by atoms with Crippen LogP contribution in [0, 0.1) is 13.8 Å². The van der Waals surface area contributed by atoms with E-state index < -0.39 is 0 Å². The van der Waals surface area contributed by atoms with Gasteiger partial charge in [-0.3, -0.25) is 4.79 Å². The lowest BCUT2D eigenvalue weighted by molar-refractivity contribution is -0.122. The van der Waals surface area contributed by atoms with Crippen LogP contribution in [0.4, 0.5) is 0 Å². The monoisotopic (exact) mass is 372 g/mol. The van der Waals surface area contributed by atoms with Crippen LogP contribution in [-0.4, -0.2) is 30.2 Å². The topological polar surface area (TPSA) is 69.6 Å².